The third-order valence-electron chi connectivity index (χ3n) is 5.57. The average molecular weight is 397 g/mol. The zero-order valence-corrected chi connectivity index (χ0v) is 19.5. The van der Waals surface area contributed by atoms with E-state index in [1.165, 1.54) is 60.4 Å². The van der Waals surface area contributed by atoms with Crippen LogP contribution in [0.25, 0.3) is 11.1 Å². The molecule has 0 spiro atoms. The number of aryl methyl sites for hydroxylation is 1. The van der Waals surface area contributed by atoms with Crippen molar-refractivity contribution < 1.29 is 4.39 Å². The lowest BCUT2D eigenvalue weighted by Gasteiger charge is -2.15. The summed E-state index contributed by atoms with van der Waals surface area (Å²) in [5.74, 6) is 0.858. The molecule has 2 aromatic carbocycles. The molecule has 0 unspecified atom stereocenters. The van der Waals surface area contributed by atoms with E-state index in [4.69, 9.17) is 0 Å². The Morgan fingerprint density at radius 3 is 2.14 bits per heavy atom. The van der Waals surface area contributed by atoms with Gasteiger partial charge < -0.3 is 0 Å². The molecule has 160 valence electrons. The molecule has 1 heteroatoms. The van der Waals surface area contributed by atoms with Crippen LogP contribution in [-0.4, -0.2) is 0 Å². The summed E-state index contributed by atoms with van der Waals surface area (Å²) >= 11 is 0. The number of rotatable bonds is 4. The van der Waals surface area contributed by atoms with Crippen LogP contribution in [0.5, 0.6) is 0 Å². The molecule has 0 heterocycles. The maximum absolute atomic E-state index is 13.4. The second kappa shape index (κ2) is 14.1. The van der Waals surface area contributed by atoms with Crippen LogP contribution >= 0.6 is 0 Å². The van der Waals surface area contributed by atoms with Gasteiger partial charge in [-0.2, -0.15) is 0 Å². The lowest BCUT2D eigenvalue weighted by Crippen LogP contribution is -1.99. The highest BCUT2D eigenvalue weighted by atomic mass is 19.1. The first-order valence-corrected chi connectivity index (χ1v) is 11.5. The van der Waals surface area contributed by atoms with Crippen LogP contribution < -0.4 is 0 Å². The molecule has 2 aromatic rings. The third-order valence-corrected chi connectivity index (χ3v) is 5.57. The minimum Gasteiger partial charge on any atom is -0.207 e. The molecule has 0 nitrogen and oxygen atoms in total. The van der Waals surface area contributed by atoms with E-state index in [2.05, 4.69) is 52.0 Å². The molecule has 0 N–H and O–H groups in total. The van der Waals surface area contributed by atoms with Gasteiger partial charge in [0.1, 0.15) is 5.82 Å². The first-order chi connectivity index (χ1) is 14.0. The van der Waals surface area contributed by atoms with Gasteiger partial charge in [-0.25, -0.2) is 4.39 Å². The summed E-state index contributed by atoms with van der Waals surface area (Å²) in [6.45, 7) is 12.8. The molecule has 1 aliphatic rings. The highest BCUT2D eigenvalue weighted by Gasteiger charge is 2.10. The van der Waals surface area contributed by atoms with Gasteiger partial charge in [0.25, 0.3) is 0 Å². The van der Waals surface area contributed by atoms with Crippen molar-refractivity contribution in [2.45, 2.75) is 86.5 Å². The van der Waals surface area contributed by atoms with Crippen molar-refractivity contribution in [1.82, 2.24) is 0 Å². The van der Waals surface area contributed by atoms with E-state index in [9.17, 15) is 4.39 Å². The highest BCUT2D eigenvalue weighted by Crippen LogP contribution is 2.31. The SMILES string of the molecule is CC.CC1CCCCC1.CCC/C(=C(/C)c1cccc(F)c1)c1ccccc1C. The Kier molecular flexibility index (Phi) is 12.3. The molecule has 0 saturated heterocycles. The van der Waals surface area contributed by atoms with Crippen LogP contribution in [-0.2, 0) is 0 Å². The van der Waals surface area contributed by atoms with Crippen LogP contribution in [0.1, 0.15) is 96.3 Å². The third kappa shape index (κ3) is 8.56. The largest absolute Gasteiger partial charge is 0.207 e. The standard InChI is InChI=1S/C19H21F.C7H14.C2H6/c1-4-8-19(18-12-6-5-9-14(18)2)15(3)16-10-7-11-17(20)13-16;1-7-5-3-2-4-6-7;1-2/h5-7,9-13H,4,8H2,1-3H3;7H,2-6H2,1H3;1-2H3/b19-15+;;. The van der Waals surface area contributed by atoms with Crippen molar-refractivity contribution >= 4 is 11.1 Å². The van der Waals surface area contributed by atoms with Gasteiger partial charge in [0.2, 0.25) is 0 Å². The summed E-state index contributed by atoms with van der Waals surface area (Å²) in [7, 11) is 0. The summed E-state index contributed by atoms with van der Waals surface area (Å²) in [5.41, 5.74) is 6.00. The van der Waals surface area contributed by atoms with Crippen molar-refractivity contribution in [2.75, 3.05) is 0 Å². The van der Waals surface area contributed by atoms with Crippen molar-refractivity contribution in [3.63, 3.8) is 0 Å². The van der Waals surface area contributed by atoms with Crippen LogP contribution in [0, 0.1) is 18.7 Å². The first-order valence-electron chi connectivity index (χ1n) is 11.5. The normalized spacial score (nSPS) is 14.7. The fraction of sp³-hybridized carbons (Fsp3) is 0.500. The quantitative estimate of drug-likeness (QED) is 0.451. The predicted octanol–water partition coefficient (Wildman–Crippen LogP) is 9.48. The van der Waals surface area contributed by atoms with Gasteiger partial charge in [-0.1, -0.05) is 103 Å². The van der Waals surface area contributed by atoms with Crippen LogP contribution in [0.2, 0.25) is 0 Å². The van der Waals surface area contributed by atoms with Crippen LogP contribution in [0.15, 0.2) is 48.5 Å². The molecule has 1 aliphatic carbocycles. The van der Waals surface area contributed by atoms with Gasteiger partial charge in [0.05, 0.1) is 0 Å². The van der Waals surface area contributed by atoms with Crippen molar-refractivity contribution in [2.24, 2.45) is 5.92 Å². The second-order valence-corrected chi connectivity index (χ2v) is 7.92. The zero-order valence-electron chi connectivity index (χ0n) is 19.5. The predicted molar refractivity (Wildman–Crippen MR) is 129 cm³/mol. The van der Waals surface area contributed by atoms with E-state index < -0.39 is 0 Å². The molecule has 0 aromatic heterocycles. The molecule has 0 bridgehead atoms. The topological polar surface area (TPSA) is 0 Å². The van der Waals surface area contributed by atoms with Crippen molar-refractivity contribution in [3.05, 3.63) is 71.0 Å². The average Bonchev–Trinajstić information content (AvgIpc) is 2.75. The van der Waals surface area contributed by atoms with E-state index in [1.807, 2.05) is 19.9 Å². The van der Waals surface area contributed by atoms with E-state index in [-0.39, 0.29) is 5.82 Å². The summed E-state index contributed by atoms with van der Waals surface area (Å²) in [5, 5.41) is 0. The molecule has 1 saturated carbocycles. The molecule has 0 amide bonds. The first kappa shape index (κ1) is 25.1. The Morgan fingerprint density at radius 1 is 0.966 bits per heavy atom. The number of benzene rings is 2. The number of hydrogen-bond donors (Lipinski definition) is 0. The molecule has 29 heavy (non-hydrogen) atoms. The summed E-state index contributed by atoms with van der Waals surface area (Å²) in [4.78, 5) is 0. The Morgan fingerprint density at radius 2 is 1.62 bits per heavy atom. The number of halogens is 1. The minimum atomic E-state index is -0.178. The monoisotopic (exact) mass is 396 g/mol. The Hall–Kier alpha value is -1.89. The second-order valence-electron chi connectivity index (χ2n) is 7.92. The smallest absolute Gasteiger partial charge is 0.123 e. The number of allylic oxidation sites excluding steroid dienone is 2. The Bertz CT molecular complexity index is 735. The van der Waals surface area contributed by atoms with Gasteiger partial charge in [0, 0.05) is 0 Å². The van der Waals surface area contributed by atoms with Gasteiger partial charge in [-0.15, -0.1) is 0 Å². The van der Waals surface area contributed by atoms with Crippen LogP contribution in [0.4, 0.5) is 4.39 Å². The molecule has 0 radical (unpaired) electrons. The van der Waals surface area contributed by atoms with E-state index in [1.54, 1.807) is 12.1 Å². The lowest BCUT2D eigenvalue weighted by molar-refractivity contribution is 0.385. The Balaban J connectivity index is 0.000000390. The highest BCUT2D eigenvalue weighted by molar-refractivity contribution is 5.90. The van der Waals surface area contributed by atoms with Gasteiger partial charge in [0.15, 0.2) is 0 Å². The molecular formula is C28H41F. The van der Waals surface area contributed by atoms with Gasteiger partial charge >= 0.3 is 0 Å². The molecule has 1 fully saturated rings. The van der Waals surface area contributed by atoms with Crippen LogP contribution in [0.3, 0.4) is 0 Å². The van der Waals surface area contributed by atoms with Gasteiger partial charge in [-0.05, 0) is 66.2 Å². The van der Waals surface area contributed by atoms with E-state index in [0.29, 0.717) is 0 Å². The van der Waals surface area contributed by atoms with E-state index in [0.717, 1.165) is 24.3 Å². The van der Waals surface area contributed by atoms with Crippen molar-refractivity contribution in [3.8, 4) is 0 Å². The van der Waals surface area contributed by atoms with Gasteiger partial charge in [-0.3, -0.25) is 0 Å². The fourth-order valence-corrected chi connectivity index (χ4v) is 3.89. The molecule has 0 atom stereocenters. The summed E-state index contributed by atoms with van der Waals surface area (Å²) in [6.07, 6.45) is 9.52. The molecule has 3 rings (SSSR count). The minimum absolute atomic E-state index is 0.178. The fourth-order valence-electron chi connectivity index (χ4n) is 3.89. The maximum atomic E-state index is 13.4. The zero-order chi connectivity index (χ0) is 21.6. The van der Waals surface area contributed by atoms with Crippen molar-refractivity contribution in [1.29, 1.82) is 0 Å². The van der Waals surface area contributed by atoms with E-state index >= 15 is 0 Å². The maximum Gasteiger partial charge on any atom is 0.123 e. The molecule has 0 aliphatic heterocycles. The Labute approximate surface area is 179 Å². The lowest BCUT2D eigenvalue weighted by atomic mass is 9.90. The number of hydrogen-bond acceptors (Lipinski definition) is 0. The molecular weight excluding hydrogens is 355 g/mol. The summed E-state index contributed by atoms with van der Waals surface area (Å²) in [6, 6.07) is 15.3. The summed E-state index contributed by atoms with van der Waals surface area (Å²) < 4.78 is 13.4.